The fraction of sp³-hybridized carbons (Fsp3) is 0.267. The van der Waals surface area contributed by atoms with Crippen molar-refractivity contribution >= 4 is 40.6 Å². The van der Waals surface area contributed by atoms with Crippen LogP contribution in [0.5, 0.6) is 0 Å². The molecule has 0 fully saturated rings. The van der Waals surface area contributed by atoms with Gasteiger partial charge in [-0.2, -0.15) is 0 Å². The minimum absolute atomic E-state index is 0.215. The molecule has 0 aliphatic heterocycles. The lowest BCUT2D eigenvalue weighted by Gasteiger charge is -2.18. The Balaban J connectivity index is 2.15. The summed E-state index contributed by atoms with van der Waals surface area (Å²) in [6.45, 7) is 5.73. The van der Waals surface area contributed by atoms with Gasteiger partial charge in [0.05, 0.1) is 15.7 Å². The molecule has 7 heteroatoms. The summed E-state index contributed by atoms with van der Waals surface area (Å²) < 4.78 is 0. The SMILES string of the molecule is CCN(CC)c1ccc(C(=O)Nc2cccc(Cl)c2Cl)nn1. The fourth-order valence-corrected chi connectivity index (χ4v) is 2.30. The number of halogens is 2. The van der Waals surface area contributed by atoms with Crippen molar-refractivity contribution in [3.8, 4) is 0 Å². The van der Waals surface area contributed by atoms with Gasteiger partial charge in [-0.3, -0.25) is 4.79 Å². The zero-order valence-electron chi connectivity index (χ0n) is 12.3. The van der Waals surface area contributed by atoms with Crippen LogP contribution in [0.3, 0.4) is 0 Å². The Kier molecular flexibility index (Phi) is 5.57. The van der Waals surface area contributed by atoms with E-state index >= 15 is 0 Å². The van der Waals surface area contributed by atoms with Crippen LogP contribution in [0.2, 0.25) is 10.0 Å². The molecule has 0 unspecified atom stereocenters. The van der Waals surface area contributed by atoms with Gasteiger partial charge in [-0.05, 0) is 38.1 Å². The van der Waals surface area contributed by atoms with Crippen LogP contribution < -0.4 is 10.2 Å². The van der Waals surface area contributed by atoms with Crippen molar-refractivity contribution in [3.63, 3.8) is 0 Å². The van der Waals surface area contributed by atoms with E-state index in [1.54, 1.807) is 30.3 Å². The molecule has 0 aliphatic carbocycles. The molecule has 1 aromatic heterocycles. The predicted octanol–water partition coefficient (Wildman–Crippen LogP) is 3.88. The number of nitrogens with one attached hydrogen (secondary N) is 1. The molecule has 0 radical (unpaired) electrons. The maximum absolute atomic E-state index is 12.2. The Morgan fingerprint density at radius 1 is 1.14 bits per heavy atom. The number of anilines is 2. The van der Waals surface area contributed by atoms with E-state index in [1.165, 1.54) is 0 Å². The first-order valence-electron chi connectivity index (χ1n) is 6.90. The molecular weight excluding hydrogens is 323 g/mol. The Labute approximate surface area is 139 Å². The standard InChI is InChI=1S/C15H16Cl2N4O/c1-3-21(4-2)13-9-8-12(19-20-13)15(22)18-11-7-5-6-10(16)14(11)17/h5-9H,3-4H2,1-2H3,(H,18,22). The van der Waals surface area contributed by atoms with E-state index in [0.29, 0.717) is 15.7 Å². The van der Waals surface area contributed by atoms with E-state index in [1.807, 2.05) is 18.7 Å². The van der Waals surface area contributed by atoms with Crippen LogP contribution in [0.1, 0.15) is 24.3 Å². The molecule has 5 nitrogen and oxygen atoms in total. The van der Waals surface area contributed by atoms with Crippen molar-refractivity contribution in [2.45, 2.75) is 13.8 Å². The van der Waals surface area contributed by atoms with Gasteiger partial charge < -0.3 is 10.2 Å². The quantitative estimate of drug-likeness (QED) is 0.898. The number of carbonyl (C=O) groups is 1. The Bertz CT molecular complexity index is 657. The second-order valence-electron chi connectivity index (χ2n) is 4.50. The van der Waals surface area contributed by atoms with Crippen LogP contribution in [-0.4, -0.2) is 29.2 Å². The summed E-state index contributed by atoms with van der Waals surface area (Å²) in [5, 5.41) is 11.4. The number of carbonyl (C=O) groups excluding carboxylic acids is 1. The van der Waals surface area contributed by atoms with Gasteiger partial charge in [0.15, 0.2) is 11.5 Å². The molecule has 2 rings (SSSR count). The van der Waals surface area contributed by atoms with Gasteiger partial charge in [-0.15, -0.1) is 10.2 Å². The molecule has 0 spiro atoms. The summed E-state index contributed by atoms with van der Waals surface area (Å²) in [5.41, 5.74) is 0.653. The molecule has 0 aliphatic rings. The molecule has 1 amide bonds. The van der Waals surface area contributed by atoms with Gasteiger partial charge in [0.1, 0.15) is 0 Å². The van der Waals surface area contributed by atoms with Crippen molar-refractivity contribution in [2.75, 3.05) is 23.3 Å². The summed E-state index contributed by atoms with van der Waals surface area (Å²) in [7, 11) is 0. The number of nitrogens with zero attached hydrogens (tertiary/aromatic N) is 3. The van der Waals surface area contributed by atoms with Crippen LogP contribution in [0.15, 0.2) is 30.3 Å². The van der Waals surface area contributed by atoms with Crippen molar-refractivity contribution in [3.05, 3.63) is 46.1 Å². The normalized spacial score (nSPS) is 10.4. The lowest BCUT2D eigenvalue weighted by Crippen LogP contribution is -2.24. The first kappa shape index (κ1) is 16.5. The Morgan fingerprint density at radius 2 is 1.86 bits per heavy atom. The minimum Gasteiger partial charge on any atom is -0.356 e. The maximum atomic E-state index is 12.2. The molecule has 116 valence electrons. The van der Waals surface area contributed by atoms with E-state index in [2.05, 4.69) is 15.5 Å². The Morgan fingerprint density at radius 3 is 2.45 bits per heavy atom. The number of hydrogen-bond donors (Lipinski definition) is 1. The van der Waals surface area contributed by atoms with Crippen LogP contribution in [-0.2, 0) is 0 Å². The molecule has 0 bridgehead atoms. The fourth-order valence-electron chi connectivity index (χ4n) is 1.95. The van der Waals surface area contributed by atoms with Gasteiger partial charge in [0.25, 0.3) is 5.91 Å². The third-order valence-corrected chi connectivity index (χ3v) is 3.99. The molecule has 1 heterocycles. The van der Waals surface area contributed by atoms with Crippen LogP contribution in [0, 0.1) is 0 Å². The number of amides is 1. The molecule has 22 heavy (non-hydrogen) atoms. The zero-order chi connectivity index (χ0) is 16.1. The highest BCUT2D eigenvalue weighted by Gasteiger charge is 2.13. The van der Waals surface area contributed by atoms with Crippen LogP contribution in [0.4, 0.5) is 11.5 Å². The summed E-state index contributed by atoms with van der Waals surface area (Å²) in [6.07, 6.45) is 0. The first-order valence-corrected chi connectivity index (χ1v) is 7.66. The maximum Gasteiger partial charge on any atom is 0.276 e. The molecule has 1 N–H and O–H groups in total. The largest absolute Gasteiger partial charge is 0.356 e. The molecule has 2 aromatic rings. The molecular formula is C15H16Cl2N4O. The van der Waals surface area contributed by atoms with Crippen molar-refractivity contribution in [2.24, 2.45) is 0 Å². The molecule has 0 saturated carbocycles. The van der Waals surface area contributed by atoms with Crippen LogP contribution in [0.25, 0.3) is 0 Å². The van der Waals surface area contributed by atoms with Crippen LogP contribution >= 0.6 is 23.2 Å². The highest BCUT2D eigenvalue weighted by Crippen LogP contribution is 2.29. The molecule has 0 atom stereocenters. The number of benzene rings is 1. The Hall–Kier alpha value is -1.85. The number of rotatable bonds is 5. The topological polar surface area (TPSA) is 58.1 Å². The average Bonchev–Trinajstić information content (AvgIpc) is 2.53. The lowest BCUT2D eigenvalue weighted by molar-refractivity contribution is 0.102. The summed E-state index contributed by atoms with van der Waals surface area (Å²) in [5.74, 6) is 0.352. The van der Waals surface area contributed by atoms with E-state index in [9.17, 15) is 4.79 Å². The highest BCUT2D eigenvalue weighted by molar-refractivity contribution is 6.44. The highest BCUT2D eigenvalue weighted by atomic mass is 35.5. The second-order valence-corrected chi connectivity index (χ2v) is 5.29. The van der Waals surface area contributed by atoms with Crippen molar-refractivity contribution in [1.29, 1.82) is 0 Å². The van der Waals surface area contributed by atoms with Gasteiger partial charge in [0.2, 0.25) is 0 Å². The van der Waals surface area contributed by atoms with Gasteiger partial charge >= 0.3 is 0 Å². The zero-order valence-corrected chi connectivity index (χ0v) is 13.8. The number of aromatic nitrogens is 2. The minimum atomic E-state index is -0.386. The van der Waals surface area contributed by atoms with E-state index in [-0.39, 0.29) is 11.6 Å². The summed E-state index contributed by atoms with van der Waals surface area (Å²) in [6, 6.07) is 8.43. The third kappa shape index (κ3) is 3.67. The number of hydrogen-bond acceptors (Lipinski definition) is 4. The molecule has 0 saturated heterocycles. The van der Waals surface area contributed by atoms with Gasteiger partial charge in [0, 0.05) is 13.1 Å². The second kappa shape index (κ2) is 7.42. The predicted molar refractivity (Wildman–Crippen MR) is 90.0 cm³/mol. The van der Waals surface area contributed by atoms with Crippen molar-refractivity contribution < 1.29 is 4.79 Å². The smallest absolute Gasteiger partial charge is 0.276 e. The molecule has 1 aromatic carbocycles. The lowest BCUT2D eigenvalue weighted by atomic mass is 10.3. The van der Waals surface area contributed by atoms with Gasteiger partial charge in [-0.1, -0.05) is 29.3 Å². The first-order chi connectivity index (χ1) is 10.6. The summed E-state index contributed by atoms with van der Waals surface area (Å²) >= 11 is 12.0. The third-order valence-electron chi connectivity index (χ3n) is 3.17. The summed E-state index contributed by atoms with van der Waals surface area (Å²) in [4.78, 5) is 14.2. The van der Waals surface area contributed by atoms with E-state index < -0.39 is 0 Å². The van der Waals surface area contributed by atoms with Crippen molar-refractivity contribution in [1.82, 2.24) is 10.2 Å². The van der Waals surface area contributed by atoms with E-state index in [0.717, 1.165) is 18.9 Å². The average molecular weight is 339 g/mol. The van der Waals surface area contributed by atoms with Gasteiger partial charge in [-0.25, -0.2) is 0 Å². The van der Waals surface area contributed by atoms with E-state index in [4.69, 9.17) is 23.2 Å². The monoisotopic (exact) mass is 338 g/mol.